The molecule has 0 aliphatic heterocycles. The van der Waals surface area contributed by atoms with Gasteiger partial charge in [-0.1, -0.05) is 28.1 Å². The first-order valence-corrected chi connectivity index (χ1v) is 10.1. The van der Waals surface area contributed by atoms with Crippen LogP contribution in [0.3, 0.4) is 0 Å². The van der Waals surface area contributed by atoms with Gasteiger partial charge in [0.25, 0.3) is 0 Å². The van der Waals surface area contributed by atoms with Gasteiger partial charge in [-0.3, -0.25) is 0 Å². The number of nitrogens with zero attached hydrogens (tertiary/aromatic N) is 3. The maximum atomic E-state index is 4.54. The molecule has 0 amide bonds. The molecule has 0 radical (unpaired) electrons. The van der Waals surface area contributed by atoms with Gasteiger partial charge in [0.1, 0.15) is 17.5 Å². The van der Waals surface area contributed by atoms with Gasteiger partial charge in [0.2, 0.25) is 0 Å². The normalized spacial score (nSPS) is 20.0. The van der Waals surface area contributed by atoms with Crippen LogP contribution in [0.1, 0.15) is 37.1 Å². The summed E-state index contributed by atoms with van der Waals surface area (Å²) in [5.41, 5.74) is 1.33. The molecule has 0 saturated heterocycles. The number of nitrogens with one attached hydrogen (secondary N) is 2. The number of halogens is 1. The summed E-state index contributed by atoms with van der Waals surface area (Å²) in [6, 6.07) is 11.6. The number of benzene rings is 1. The third-order valence-corrected chi connectivity index (χ3v) is 5.34. The third-order valence-electron chi connectivity index (χ3n) is 4.85. The average Bonchev–Trinajstić information content (AvgIpc) is 2.61. The van der Waals surface area contributed by atoms with Crippen molar-refractivity contribution in [3.05, 3.63) is 46.2 Å². The van der Waals surface area contributed by atoms with Crippen LogP contribution < -0.4 is 15.5 Å². The molecule has 1 aromatic carbocycles. The van der Waals surface area contributed by atoms with Gasteiger partial charge >= 0.3 is 0 Å². The molecular formula is C20H28BrN5. The van der Waals surface area contributed by atoms with E-state index in [0.717, 1.165) is 41.3 Å². The van der Waals surface area contributed by atoms with Crippen molar-refractivity contribution in [3.63, 3.8) is 0 Å². The van der Waals surface area contributed by atoms with Crippen molar-refractivity contribution in [2.75, 3.05) is 24.3 Å². The predicted molar refractivity (Wildman–Crippen MR) is 112 cm³/mol. The first-order valence-electron chi connectivity index (χ1n) is 9.27. The minimum absolute atomic E-state index is 0.489. The fourth-order valence-electron chi connectivity index (χ4n) is 3.42. The zero-order valence-corrected chi connectivity index (χ0v) is 17.4. The Bertz CT molecular complexity index is 726. The summed E-state index contributed by atoms with van der Waals surface area (Å²) in [4.78, 5) is 11.0. The van der Waals surface area contributed by atoms with Gasteiger partial charge in [0.15, 0.2) is 0 Å². The quantitative estimate of drug-likeness (QED) is 0.739. The molecule has 0 bridgehead atoms. The largest absolute Gasteiger partial charge is 0.367 e. The van der Waals surface area contributed by atoms with E-state index < -0.39 is 0 Å². The van der Waals surface area contributed by atoms with Crippen LogP contribution in [-0.4, -0.2) is 36.1 Å². The van der Waals surface area contributed by atoms with E-state index in [9.17, 15) is 0 Å². The van der Waals surface area contributed by atoms with Crippen LogP contribution in [0.5, 0.6) is 0 Å². The van der Waals surface area contributed by atoms with Crippen molar-refractivity contribution in [2.24, 2.45) is 0 Å². The number of aryl methyl sites for hydroxylation is 1. The van der Waals surface area contributed by atoms with Crippen molar-refractivity contribution < 1.29 is 0 Å². The summed E-state index contributed by atoms with van der Waals surface area (Å²) in [5.74, 6) is 2.69. The highest BCUT2D eigenvalue weighted by Crippen LogP contribution is 2.23. The summed E-state index contributed by atoms with van der Waals surface area (Å²) in [5, 5.41) is 7.31. The zero-order valence-electron chi connectivity index (χ0n) is 15.8. The highest BCUT2D eigenvalue weighted by Gasteiger charge is 2.21. The third kappa shape index (κ3) is 5.42. The van der Waals surface area contributed by atoms with Crippen LogP contribution in [0.25, 0.3) is 0 Å². The maximum absolute atomic E-state index is 4.54. The molecule has 3 rings (SSSR count). The van der Waals surface area contributed by atoms with Crippen LogP contribution in [0.15, 0.2) is 34.8 Å². The minimum atomic E-state index is 0.489. The van der Waals surface area contributed by atoms with Gasteiger partial charge in [-0.25, -0.2) is 9.97 Å². The number of hydrogen-bond donors (Lipinski definition) is 2. The van der Waals surface area contributed by atoms with Gasteiger partial charge < -0.3 is 15.5 Å². The first-order chi connectivity index (χ1) is 12.5. The molecule has 5 nitrogen and oxygen atoms in total. The Morgan fingerprint density at radius 2 is 1.81 bits per heavy atom. The smallest absolute Gasteiger partial charge is 0.133 e. The Morgan fingerprint density at radius 1 is 1.08 bits per heavy atom. The summed E-state index contributed by atoms with van der Waals surface area (Å²) in [6.07, 6.45) is 4.71. The van der Waals surface area contributed by atoms with Crippen LogP contribution in [0.2, 0.25) is 0 Å². The maximum Gasteiger partial charge on any atom is 0.133 e. The first kappa shape index (κ1) is 19.1. The number of aromatic nitrogens is 2. The van der Waals surface area contributed by atoms with Gasteiger partial charge in [-0.2, -0.15) is 0 Å². The van der Waals surface area contributed by atoms with Gasteiger partial charge in [-0.15, -0.1) is 0 Å². The van der Waals surface area contributed by atoms with Crippen molar-refractivity contribution >= 4 is 27.6 Å². The van der Waals surface area contributed by atoms with E-state index in [-0.39, 0.29) is 0 Å². The van der Waals surface area contributed by atoms with Gasteiger partial charge in [-0.05, 0) is 50.3 Å². The van der Waals surface area contributed by atoms with E-state index in [0.29, 0.717) is 12.1 Å². The van der Waals surface area contributed by atoms with E-state index >= 15 is 0 Å². The summed E-state index contributed by atoms with van der Waals surface area (Å²) >= 11 is 3.54. The van der Waals surface area contributed by atoms with Crippen molar-refractivity contribution in [3.8, 4) is 0 Å². The molecule has 1 aliphatic carbocycles. The molecule has 2 aromatic rings. The second-order valence-electron chi connectivity index (χ2n) is 7.26. The van der Waals surface area contributed by atoms with E-state index in [1.165, 1.54) is 18.4 Å². The molecule has 0 atom stereocenters. The Balaban J connectivity index is 1.48. The van der Waals surface area contributed by atoms with Crippen LogP contribution in [0, 0.1) is 6.92 Å². The number of rotatable bonds is 6. The zero-order chi connectivity index (χ0) is 18.5. The summed E-state index contributed by atoms with van der Waals surface area (Å²) in [7, 11) is 4.02. The van der Waals surface area contributed by atoms with Crippen LogP contribution >= 0.6 is 15.9 Å². The molecule has 6 heteroatoms. The van der Waals surface area contributed by atoms with E-state index in [1.54, 1.807) is 0 Å². The summed E-state index contributed by atoms with van der Waals surface area (Å²) < 4.78 is 1.14. The standard InChI is InChI=1S/C20H28BrN5/c1-14-23-19(12-20(24-14)26(2)3)25-18-9-7-17(8-10-18)22-13-15-5-4-6-16(21)11-15/h4-6,11-12,17-18,22H,7-10,13H2,1-3H3,(H,23,24,25)/t17-,18+. The molecular weight excluding hydrogens is 390 g/mol. The topological polar surface area (TPSA) is 53.1 Å². The SMILES string of the molecule is Cc1nc(N[C@H]2CC[C@@H](NCc3cccc(Br)c3)CC2)cc(N(C)C)n1. The Hall–Kier alpha value is -1.66. The van der Waals surface area contributed by atoms with Gasteiger partial charge in [0.05, 0.1) is 0 Å². The predicted octanol–water partition coefficient (Wildman–Crippen LogP) is 4.13. The monoisotopic (exact) mass is 417 g/mol. The Morgan fingerprint density at radius 3 is 2.50 bits per heavy atom. The van der Waals surface area contributed by atoms with Gasteiger partial charge in [0, 0.05) is 43.3 Å². The average molecular weight is 418 g/mol. The molecule has 2 N–H and O–H groups in total. The molecule has 140 valence electrons. The molecule has 1 aromatic heterocycles. The van der Waals surface area contributed by atoms with Crippen LogP contribution in [0.4, 0.5) is 11.6 Å². The Kier molecular flexibility index (Phi) is 6.48. The second kappa shape index (κ2) is 8.82. The molecule has 1 fully saturated rings. The molecule has 0 unspecified atom stereocenters. The molecule has 1 aliphatic rings. The van der Waals surface area contributed by atoms with E-state index in [4.69, 9.17) is 0 Å². The second-order valence-corrected chi connectivity index (χ2v) is 8.17. The lowest BCUT2D eigenvalue weighted by Gasteiger charge is -2.30. The van der Waals surface area contributed by atoms with Crippen molar-refractivity contribution in [2.45, 2.75) is 51.2 Å². The molecule has 1 saturated carbocycles. The number of hydrogen-bond acceptors (Lipinski definition) is 5. The Labute approximate surface area is 164 Å². The van der Waals surface area contributed by atoms with Crippen molar-refractivity contribution in [1.29, 1.82) is 0 Å². The minimum Gasteiger partial charge on any atom is -0.367 e. The summed E-state index contributed by atoms with van der Waals surface area (Å²) in [6.45, 7) is 2.88. The lowest BCUT2D eigenvalue weighted by molar-refractivity contribution is 0.352. The fraction of sp³-hybridized carbons (Fsp3) is 0.500. The molecule has 0 spiro atoms. The van der Waals surface area contributed by atoms with Crippen molar-refractivity contribution in [1.82, 2.24) is 15.3 Å². The van der Waals surface area contributed by atoms with Crippen LogP contribution in [-0.2, 0) is 6.54 Å². The fourth-order valence-corrected chi connectivity index (χ4v) is 3.86. The molecule has 26 heavy (non-hydrogen) atoms. The molecule has 1 heterocycles. The number of anilines is 2. The highest BCUT2D eigenvalue weighted by atomic mass is 79.9. The highest BCUT2D eigenvalue weighted by molar-refractivity contribution is 9.10. The lowest BCUT2D eigenvalue weighted by atomic mass is 9.91. The lowest BCUT2D eigenvalue weighted by Crippen LogP contribution is -2.36. The van der Waals surface area contributed by atoms with E-state index in [1.807, 2.05) is 32.0 Å². The van der Waals surface area contributed by atoms with E-state index in [2.05, 4.69) is 60.8 Å².